The number of rotatable bonds is 5. The van der Waals surface area contributed by atoms with Gasteiger partial charge in [-0.3, -0.25) is 4.79 Å². The molecule has 0 radical (unpaired) electrons. The van der Waals surface area contributed by atoms with Crippen molar-refractivity contribution in [1.82, 2.24) is 15.0 Å². The first-order chi connectivity index (χ1) is 13.2. The first-order valence-corrected chi connectivity index (χ1v) is 8.87. The van der Waals surface area contributed by atoms with Crippen LogP contribution in [0.4, 0.5) is 5.69 Å². The Morgan fingerprint density at radius 3 is 2.85 bits per heavy atom. The third-order valence-corrected chi connectivity index (χ3v) is 4.58. The summed E-state index contributed by atoms with van der Waals surface area (Å²) in [5, 5.41) is 2.82. The summed E-state index contributed by atoms with van der Waals surface area (Å²) in [6.45, 7) is 2.10. The highest BCUT2D eigenvalue weighted by Gasteiger charge is 2.15. The van der Waals surface area contributed by atoms with E-state index in [1.165, 1.54) is 0 Å². The van der Waals surface area contributed by atoms with Crippen LogP contribution in [0.3, 0.4) is 0 Å². The highest BCUT2D eigenvalue weighted by atomic mass is 16.5. The second-order valence-electron chi connectivity index (χ2n) is 6.54. The molecule has 2 aromatic heterocycles. The Bertz CT molecular complexity index is 1000. The molecule has 0 atom stereocenters. The van der Waals surface area contributed by atoms with Crippen LogP contribution < -0.4 is 15.7 Å². The zero-order valence-electron chi connectivity index (χ0n) is 14.7. The lowest BCUT2D eigenvalue weighted by atomic mass is 10.0. The van der Waals surface area contributed by atoms with E-state index < -0.39 is 0 Å². The Hall–Kier alpha value is -3.13. The molecule has 0 bridgehead atoms. The van der Waals surface area contributed by atoms with E-state index >= 15 is 0 Å². The van der Waals surface area contributed by atoms with Crippen LogP contribution in [-0.4, -0.2) is 40.7 Å². The Morgan fingerprint density at radius 1 is 1.19 bits per heavy atom. The number of nitrogens with zero attached hydrogens (tertiary/aromatic N) is 1. The van der Waals surface area contributed by atoms with E-state index in [1.54, 1.807) is 36.5 Å². The number of anilines is 1. The number of pyridine rings is 1. The number of carbonyl (C=O) groups excluding carboxylic acids is 1. The Labute approximate surface area is 154 Å². The predicted octanol–water partition coefficient (Wildman–Crippen LogP) is 2.31. The average molecular weight is 368 g/mol. The fraction of sp³-hybridized carbons (Fsp3) is 0.316. The van der Waals surface area contributed by atoms with Crippen molar-refractivity contribution < 1.29 is 14.3 Å². The van der Waals surface area contributed by atoms with Crippen LogP contribution in [0.2, 0.25) is 0 Å². The molecule has 27 heavy (non-hydrogen) atoms. The zero-order chi connectivity index (χ0) is 18.6. The van der Waals surface area contributed by atoms with E-state index in [0.717, 1.165) is 26.1 Å². The molecule has 1 saturated heterocycles. The Balaban J connectivity index is 1.42. The SMILES string of the molecule is O=C(Nc1ccc2[nH]c(=O)[nH]c2c1)c1ccnc(OCC2CCOCC2)c1. The van der Waals surface area contributed by atoms with Gasteiger partial charge in [0.1, 0.15) is 0 Å². The Kier molecular flexibility index (Phi) is 4.88. The van der Waals surface area contributed by atoms with Crippen molar-refractivity contribution in [1.29, 1.82) is 0 Å². The molecule has 0 saturated carbocycles. The molecule has 3 N–H and O–H groups in total. The molecule has 140 valence electrons. The lowest BCUT2D eigenvalue weighted by Gasteiger charge is -2.21. The molecule has 1 aromatic carbocycles. The number of amides is 1. The molecule has 3 aromatic rings. The van der Waals surface area contributed by atoms with Crippen LogP contribution >= 0.6 is 0 Å². The van der Waals surface area contributed by atoms with Gasteiger partial charge in [0.25, 0.3) is 5.91 Å². The van der Waals surface area contributed by atoms with E-state index in [2.05, 4.69) is 20.3 Å². The second-order valence-corrected chi connectivity index (χ2v) is 6.54. The van der Waals surface area contributed by atoms with Crippen LogP contribution in [-0.2, 0) is 4.74 Å². The number of hydrogen-bond acceptors (Lipinski definition) is 5. The summed E-state index contributed by atoms with van der Waals surface area (Å²) in [5.74, 6) is 0.610. The van der Waals surface area contributed by atoms with Gasteiger partial charge in [-0.25, -0.2) is 9.78 Å². The minimum atomic E-state index is -0.283. The van der Waals surface area contributed by atoms with E-state index in [0.29, 0.717) is 40.7 Å². The number of benzene rings is 1. The van der Waals surface area contributed by atoms with Gasteiger partial charge >= 0.3 is 5.69 Å². The number of hydrogen-bond donors (Lipinski definition) is 3. The largest absolute Gasteiger partial charge is 0.477 e. The van der Waals surface area contributed by atoms with Crippen molar-refractivity contribution in [2.24, 2.45) is 5.92 Å². The third kappa shape index (κ3) is 4.17. The molecule has 1 aliphatic rings. The van der Waals surface area contributed by atoms with Crippen molar-refractivity contribution in [3.05, 3.63) is 52.6 Å². The van der Waals surface area contributed by atoms with Gasteiger partial charge in [-0.1, -0.05) is 0 Å². The van der Waals surface area contributed by atoms with E-state index in [9.17, 15) is 9.59 Å². The molecular weight excluding hydrogens is 348 g/mol. The van der Waals surface area contributed by atoms with E-state index in [-0.39, 0.29) is 11.6 Å². The molecule has 0 unspecified atom stereocenters. The first kappa shape index (κ1) is 17.3. The summed E-state index contributed by atoms with van der Waals surface area (Å²) in [6.07, 6.45) is 3.51. The summed E-state index contributed by atoms with van der Waals surface area (Å²) in [5.41, 5.74) is 2.08. The van der Waals surface area contributed by atoms with Gasteiger partial charge in [0.2, 0.25) is 5.88 Å². The quantitative estimate of drug-likeness (QED) is 0.640. The third-order valence-electron chi connectivity index (χ3n) is 4.58. The number of aromatic nitrogens is 3. The summed E-state index contributed by atoms with van der Waals surface area (Å²) in [7, 11) is 0. The van der Waals surface area contributed by atoms with Crippen molar-refractivity contribution in [2.75, 3.05) is 25.1 Å². The van der Waals surface area contributed by atoms with Gasteiger partial charge in [-0.05, 0) is 43.0 Å². The summed E-state index contributed by atoms with van der Waals surface area (Å²) in [6, 6.07) is 8.43. The minimum absolute atomic E-state index is 0.273. The van der Waals surface area contributed by atoms with Gasteiger partial charge in [-0.15, -0.1) is 0 Å². The molecule has 8 nitrogen and oxygen atoms in total. The molecule has 0 aliphatic carbocycles. The highest BCUT2D eigenvalue weighted by molar-refractivity contribution is 6.05. The lowest BCUT2D eigenvalue weighted by Crippen LogP contribution is -2.21. The van der Waals surface area contributed by atoms with Gasteiger partial charge < -0.3 is 24.8 Å². The topological polar surface area (TPSA) is 109 Å². The van der Waals surface area contributed by atoms with Gasteiger partial charge in [-0.2, -0.15) is 0 Å². The van der Waals surface area contributed by atoms with Crippen LogP contribution in [0.1, 0.15) is 23.2 Å². The van der Waals surface area contributed by atoms with Crippen molar-refractivity contribution in [2.45, 2.75) is 12.8 Å². The number of fused-ring (bicyclic) bond motifs is 1. The average Bonchev–Trinajstić information content (AvgIpc) is 3.07. The molecule has 1 fully saturated rings. The van der Waals surface area contributed by atoms with Crippen LogP contribution in [0.5, 0.6) is 5.88 Å². The van der Waals surface area contributed by atoms with E-state index in [4.69, 9.17) is 9.47 Å². The number of nitrogens with one attached hydrogen (secondary N) is 3. The summed E-state index contributed by atoms with van der Waals surface area (Å²) < 4.78 is 11.1. The standard InChI is InChI=1S/C19H20N4O4/c24-18(21-14-1-2-15-16(10-14)23-19(25)22-15)13-3-6-20-17(9-13)27-11-12-4-7-26-8-5-12/h1-3,6,9-10,12H,4-5,7-8,11H2,(H,21,24)(H2,22,23,25). The normalized spacial score (nSPS) is 15.0. The maximum absolute atomic E-state index is 12.5. The molecule has 8 heteroatoms. The van der Waals surface area contributed by atoms with E-state index in [1.807, 2.05) is 0 Å². The zero-order valence-corrected chi connectivity index (χ0v) is 14.7. The maximum atomic E-state index is 12.5. The fourth-order valence-electron chi connectivity index (χ4n) is 3.06. The number of carbonyl (C=O) groups is 1. The fourth-order valence-corrected chi connectivity index (χ4v) is 3.06. The smallest absolute Gasteiger partial charge is 0.323 e. The van der Waals surface area contributed by atoms with Crippen LogP contribution in [0.25, 0.3) is 11.0 Å². The number of aromatic amines is 2. The van der Waals surface area contributed by atoms with Gasteiger partial charge in [0.05, 0.1) is 17.6 Å². The van der Waals surface area contributed by atoms with Gasteiger partial charge in [0, 0.05) is 36.7 Å². The molecule has 3 heterocycles. The first-order valence-electron chi connectivity index (χ1n) is 8.87. The molecule has 1 aliphatic heterocycles. The monoisotopic (exact) mass is 368 g/mol. The van der Waals surface area contributed by atoms with Crippen molar-refractivity contribution in [3.63, 3.8) is 0 Å². The maximum Gasteiger partial charge on any atom is 0.323 e. The Morgan fingerprint density at radius 2 is 2.00 bits per heavy atom. The highest BCUT2D eigenvalue weighted by Crippen LogP contribution is 2.19. The second kappa shape index (κ2) is 7.63. The van der Waals surface area contributed by atoms with Crippen molar-refractivity contribution >= 4 is 22.6 Å². The molecule has 4 rings (SSSR count). The molecule has 1 amide bonds. The van der Waals surface area contributed by atoms with Crippen LogP contribution in [0, 0.1) is 5.92 Å². The minimum Gasteiger partial charge on any atom is -0.477 e. The van der Waals surface area contributed by atoms with Gasteiger partial charge in [0.15, 0.2) is 0 Å². The summed E-state index contributed by atoms with van der Waals surface area (Å²) in [4.78, 5) is 33.4. The number of ether oxygens (including phenoxy) is 2. The summed E-state index contributed by atoms with van der Waals surface area (Å²) >= 11 is 0. The predicted molar refractivity (Wildman–Crippen MR) is 100 cm³/mol. The molecule has 0 spiro atoms. The van der Waals surface area contributed by atoms with Crippen molar-refractivity contribution in [3.8, 4) is 5.88 Å². The molecular formula is C19H20N4O4. The lowest BCUT2D eigenvalue weighted by molar-refractivity contribution is 0.0490. The number of H-pyrrole nitrogens is 2. The number of imidazole rings is 1. The van der Waals surface area contributed by atoms with Crippen LogP contribution in [0.15, 0.2) is 41.3 Å².